The summed E-state index contributed by atoms with van der Waals surface area (Å²) >= 11 is 0. The first-order valence-corrected chi connectivity index (χ1v) is 9.23. The molecule has 1 aromatic heterocycles. The van der Waals surface area contributed by atoms with Crippen LogP contribution >= 0.6 is 0 Å². The highest BCUT2D eigenvalue weighted by molar-refractivity contribution is 5.58. The van der Waals surface area contributed by atoms with E-state index < -0.39 is 0 Å². The average molecular weight is 429 g/mol. The highest BCUT2D eigenvalue weighted by atomic mass is 79.9. The maximum absolute atomic E-state index is 5.31. The van der Waals surface area contributed by atoms with Crippen LogP contribution in [0.4, 0.5) is 0 Å². The molecule has 0 atom stereocenters. The summed E-state index contributed by atoms with van der Waals surface area (Å²) in [5.74, 6) is 3.15. The first-order valence-electron chi connectivity index (χ1n) is 9.23. The Morgan fingerprint density at radius 1 is 0.815 bits per heavy atom. The normalized spacial score (nSPS) is 13.3. The summed E-state index contributed by atoms with van der Waals surface area (Å²) in [7, 11) is 3.41. The van der Waals surface area contributed by atoms with Gasteiger partial charge in [-0.1, -0.05) is 0 Å². The standard InChI is InChI=1S/C22H25N2O2.BrH/c1-25-19-11-7-17(8-12-19)21-16-24(18-9-13-20(26-2)14-10-18)22-6-4-3-5-15-23(21)22;/h7-14,16H,3-6,15H2,1-2H3;1H/q+1;/p-1. The summed E-state index contributed by atoms with van der Waals surface area (Å²) in [6, 6.07) is 16.7. The van der Waals surface area contributed by atoms with Gasteiger partial charge in [-0.3, -0.25) is 0 Å². The second-order valence-electron chi connectivity index (χ2n) is 6.69. The molecule has 0 unspecified atom stereocenters. The lowest BCUT2D eigenvalue weighted by Gasteiger charge is -2.04. The van der Waals surface area contributed by atoms with Crippen LogP contribution in [0.15, 0.2) is 54.7 Å². The Balaban J connectivity index is 0.00000210. The highest BCUT2D eigenvalue weighted by Crippen LogP contribution is 2.26. The van der Waals surface area contributed by atoms with Crippen LogP contribution in [-0.4, -0.2) is 18.8 Å². The second kappa shape index (κ2) is 8.61. The van der Waals surface area contributed by atoms with Crippen LogP contribution in [0, 0.1) is 0 Å². The summed E-state index contributed by atoms with van der Waals surface area (Å²) in [6.45, 7) is 1.07. The molecule has 0 saturated heterocycles. The summed E-state index contributed by atoms with van der Waals surface area (Å²) in [5, 5.41) is 0. The predicted octanol–water partition coefficient (Wildman–Crippen LogP) is 1.18. The Morgan fingerprint density at radius 3 is 2.07 bits per heavy atom. The number of hydrogen-bond donors (Lipinski definition) is 0. The van der Waals surface area contributed by atoms with Gasteiger partial charge in [0.25, 0.3) is 5.82 Å². The zero-order valence-corrected chi connectivity index (χ0v) is 17.4. The van der Waals surface area contributed by atoms with Gasteiger partial charge in [0, 0.05) is 12.0 Å². The Kier molecular flexibility index (Phi) is 6.22. The number of ether oxygens (including phenoxy) is 2. The SMILES string of the molecule is COc1ccc(-c2cn(-c3ccc(OC)cc3)c3[n+]2CCCCC3)cc1.[Br-]. The van der Waals surface area contributed by atoms with Gasteiger partial charge < -0.3 is 26.5 Å². The lowest BCUT2D eigenvalue weighted by molar-refractivity contribution is -0.692. The average Bonchev–Trinajstić information content (AvgIpc) is 2.89. The zero-order valence-electron chi connectivity index (χ0n) is 15.8. The van der Waals surface area contributed by atoms with Gasteiger partial charge in [-0.2, -0.15) is 4.57 Å². The monoisotopic (exact) mass is 428 g/mol. The van der Waals surface area contributed by atoms with Gasteiger partial charge >= 0.3 is 0 Å². The molecule has 0 amide bonds. The van der Waals surface area contributed by atoms with E-state index in [1.54, 1.807) is 14.2 Å². The number of hydrogen-bond acceptors (Lipinski definition) is 2. The maximum atomic E-state index is 5.31. The second-order valence-corrected chi connectivity index (χ2v) is 6.69. The van der Waals surface area contributed by atoms with E-state index in [1.165, 1.54) is 42.0 Å². The van der Waals surface area contributed by atoms with Gasteiger partial charge in [-0.05, 0) is 67.8 Å². The van der Waals surface area contributed by atoms with Crippen LogP contribution in [0.3, 0.4) is 0 Å². The molecule has 0 bridgehead atoms. The Hall–Kier alpha value is -2.27. The van der Waals surface area contributed by atoms with E-state index in [4.69, 9.17) is 9.47 Å². The fourth-order valence-corrected chi connectivity index (χ4v) is 3.73. The zero-order chi connectivity index (χ0) is 17.9. The number of rotatable bonds is 4. The molecule has 0 spiro atoms. The Labute approximate surface area is 171 Å². The van der Waals surface area contributed by atoms with Crippen molar-refractivity contribution in [3.8, 4) is 28.4 Å². The van der Waals surface area contributed by atoms with Crippen LogP contribution in [-0.2, 0) is 13.0 Å². The lowest BCUT2D eigenvalue weighted by Crippen LogP contribution is -3.00. The molecule has 0 radical (unpaired) electrons. The van der Waals surface area contributed by atoms with Crippen LogP contribution < -0.4 is 31.0 Å². The minimum atomic E-state index is 0. The van der Waals surface area contributed by atoms with E-state index in [2.05, 4.69) is 39.6 Å². The molecular weight excluding hydrogens is 404 g/mol. The quantitative estimate of drug-likeness (QED) is 0.583. The minimum Gasteiger partial charge on any atom is -1.00 e. The fourth-order valence-electron chi connectivity index (χ4n) is 3.73. The summed E-state index contributed by atoms with van der Waals surface area (Å²) in [4.78, 5) is 0. The van der Waals surface area contributed by atoms with Gasteiger partial charge in [0.1, 0.15) is 23.4 Å². The van der Waals surface area contributed by atoms with E-state index in [1.807, 2.05) is 24.3 Å². The summed E-state index contributed by atoms with van der Waals surface area (Å²) < 4.78 is 15.4. The number of nitrogens with zero attached hydrogens (tertiary/aromatic N) is 2. The van der Waals surface area contributed by atoms with Crippen molar-refractivity contribution in [1.82, 2.24) is 4.57 Å². The van der Waals surface area contributed by atoms with Gasteiger partial charge in [-0.15, -0.1) is 0 Å². The first-order chi connectivity index (χ1) is 12.8. The number of benzene rings is 2. The predicted molar refractivity (Wildman–Crippen MR) is 102 cm³/mol. The molecule has 0 fully saturated rings. The minimum absolute atomic E-state index is 0. The number of aromatic nitrogens is 2. The van der Waals surface area contributed by atoms with Gasteiger partial charge in [0.05, 0.1) is 20.8 Å². The topological polar surface area (TPSA) is 27.3 Å². The molecule has 5 heteroatoms. The van der Waals surface area contributed by atoms with Crippen LogP contribution in [0.25, 0.3) is 16.9 Å². The summed E-state index contributed by atoms with van der Waals surface area (Å²) in [5.41, 5.74) is 3.66. The molecule has 4 rings (SSSR count). The molecular formula is C22H25BrN2O2. The van der Waals surface area contributed by atoms with E-state index in [-0.39, 0.29) is 17.0 Å². The van der Waals surface area contributed by atoms with Crippen LogP contribution in [0.5, 0.6) is 11.5 Å². The third-order valence-electron chi connectivity index (χ3n) is 5.15. The number of fused-ring (bicyclic) bond motifs is 1. The molecule has 142 valence electrons. The van der Waals surface area contributed by atoms with E-state index >= 15 is 0 Å². The highest BCUT2D eigenvalue weighted by Gasteiger charge is 2.26. The van der Waals surface area contributed by atoms with Crippen molar-refractivity contribution in [1.29, 1.82) is 0 Å². The number of halogens is 1. The molecule has 1 aliphatic heterocycles. The molecule has 1 aliphatic rings. The van der Waals surface area contributed by atoms with E-state index in [0.29, 0.717) is 0 Å². The van der Waals surface area contributed by atoms with Crippen LogP contribution in [0.2, 0.25) is 0 Å². The fraction of sp³-hybridized carbons (Fsp3) is 0.318. The largest absolute Gasteiger partial charge is 1.00 e. The molecule has 27 heavy (non-hydrogen) atoms. The molecule has 0 N–H and O–H groups in total. The molecule has 2 heterocycles. The van der Waals surface area contributed by atoms with Crippen molar-refractivity contribution in [2.24, 2.45) is 0 Å². The van der Waals surface area contributed by atoms with Gasteiger partial charge in [0.15, 0.2) is 5.69 Å². The molecule has 0 aliphatic carbocycles. The molecule has 4 nitrogen and oxygen atoms in total. The van der Waals surface area contributed by atoms with Crippen molar-refractivity contribution in [3.05, 3.63) is 60.6 Å². The van der Waals surface area contributed by atoms with Crippen molar-refractivity contribution >= 4 is 0 Å². The van der Waals surface area contributed by atoms with Crippen molar-refractivity contribution < 1.29 is 31.0 Å². The first kappa shape index (κ1) is 19.5. The third-order valence-corrected chi connectivity index (χ3v) is 5.15. The number of methoxy groups -OCH3 is 2. The lowest BCUT2D eigenvalue weighted by atomic mass is 10.1. The van der Waals surface area contributed by atoms with Crippen molar-refractivity contribution in [2.75, 3.05) is 14.2 Å². The molecule has 2 aromatic carbocycles. The van der Waals surface area contributed by atoms with Crippen LogP contribution in [0.1, 0.15) is 25.1 Å². The third kappa shape index (κ3) is 3.88. The maximum Gasteiger partial charge on any atom is 0.262 e. The molecule has 0 saturated carbocycles. The van der Waals surface area contributed by atoms with Crippen molar-refractivity contribution in [3.63, 3.8) is 0 Å². The van der Waals surface area contributed by atoms with E-state index in [0.717, 1.165) is 24.5 Å². The Bertz CT molecular complexity index is 814. The molecule has 3 aromatic rings. The number of imidazole rings is 1. The van der Waals surface area contributed by atoms with E-state index in [9.17, 15) is 0 Å². The van der Waals surface area contributed by atoms with Gasteiger partial charge in [-0.25, -0.2) is 4.57 Å². The van der Waals surface area contributed by atoms with Gasteiger partial charge in [0.2, 0.25) is 0 Å². The smallest absolute Gasteiger partial charge is 0.262 e. The summed E-state index contributed by atoms with van der Waals surface area (Å²) in [6.07, 6.45) is 7.12. The van der Waals surface area contributed by atoms with Crippen molar-refractivity contribution in [2.45, 2.75) is 32.2 Å². The Morgan fingerprint density at radius 2 is 1.44 bits per heavy atom.